The SMILES string of the molecule is COC(=O)c1cc(N)cc2cc(C(C)(C)C)[nH]c12.COC(=O)c1cc([N+](=O)[O-])cc2cc(C(C)(C)C)[nH]c12. The lowest BCUT2D eigenvalue weighted by Gasteiger charge is -2.15. The van der Waals surface area contributed by atoms with Gasteiger partial charge in [0.15, 0.2) is 0 Å². The highest BCUT2D eigenvalue weighted by atomic mass is 16.6. The maximum atomic E-state index is 11.8. The molecule has 0 fully saturated rings. The molecule has 4 N–H and O–H groups in total. The van der Waals surface area contributed by atoms with Crippen molar-refractivity contribution >= 4 is 45.1 Å². The summed E-state index contributed by atoms with van der Waals surface area (Å²) in [5, 5.41) is 12.5. The Morgan fingerprint density at radius 1 is 0.763 bits per heavy atom. The molecule has 0 aliphatic rings. The highest BCUT2D eigenvalue weighted by Crippen LogP contribution is 2.31. The van der Waals surface area contributed by atoms with Crippen LogP contribution in [0.5, 0.6) is 0 Å². The third-order valence-corrected chi connectivity index (χ3v) is 6.10. The lowest BCUT2D eigenvalue weighted by atomic mass is 9.92. The number of ether oxygens (including phenoxy) is 2. The predicted octanol–water partition coefficient (Wildman–Crippen LogP) is 5.99. The number of aromatic nitrogens is 2. The number of carbonyl (C=O) groups excluding carboxylic acids is 2. The Bertz CT molecular complexity index is 1530. The minimum Gasteiger partial charge on any atom is -0.465 e. The van der Waals surface area contributed by atoms with Gasteiger partial charge in [-0.3, -0.25) is 10.1 Å². The number of non-ortho nitro benzene ring substituents is 1. The summed E-state index contributed by atoms with van der Waals surface area (Å²) in [6, 6.07) is 10.0. The number of H-pyrrole nitrogens is 2. The van der Waals surface area contributed by atoms with Crippen molar-refractivity contribution in [3.63, 3.8) is 0 Å². The number of hydrogen-bond donors (Lipinski definition) is 3. The fraction of sp³-hybridized carbons (Fsp3) is 0.357. The first-order chi connectivity index (χ1) is 17.6. The number of fused-ring (bicyclic) bond motifs is 2. The van der Waals surface area contributed by atoms with Crippen LogP contribution in [-0.2, 0) is 20.3 Å². The Balaban J connectivity index is 0.000000212. The van der Waals surface area contributed by atoms with Gasteiger partial charge in [-0.25, -0.2) is 9.59 Å². The molecule has 202 valence electrons. The minimum atomic E-state index is -0.596. The molecule has 2 aromatic carbocycles. The van der Waals surface area contributed by atoms with Crippen molar-refractivity contribution in [2.24, 2.45) is 0 Å². The van der Waals surface area contributed by atoms with E-state index in [1.54, 1.807) is 6.07 Å². The lowest BCUT2D eigenvalue weighted by molar-refractivity contribution is -0.384. The fourth-order valence-electron chi connectivity index (χ4n) is 3.95. The van der Waals surface area contributed by atoms with Crippen LogP contribution >= 0.6 is 0 Å². The number of nitro benzene ring substituents is 1. The van der Waals surface area contributed by atoms with Crippen LogP contribution in [0.2, 0.25) is 0 Å². The summed E-state index contributed by atoms with van der Waals surface area (Å²) in [6.07, 6.45) is 0. The average Bonchev–Trinajstić information content (AvgIpc) is 3.46. The van der Waals surface area contributed by atoms with Crippen LogP contribution in [0.4, 0.5) is 11.4 Å². The molecular weight excluding hydrogens is 488 g/mol. The molecule has 0 atom stereocenters. The van der Waals surface area contributed by atoms with Crippen LogP contribution in [0, 0.1) is 10.1 Å². The van der Waals surface area contributed by atoms with Crippen LogP contribution < -0.4 is 5.73 Å². The molecule has 0 unspecified atom stereocenters. The normalized spacial score (nSPS) is 11.7. The predicted molar refractivity (Wildman–Crippen MR) is 148 cm³/mol. The molecule has 0 amide bonds. The highest BCUT2D eigenvalue weighted by Gasteiger charge is 2.23. The highest BCUT2D eigenvalue weighted by molar-refractivity contribution is 6.05. The Labute approximate surface area is 220 Å². The zero-order valence-electron chi connectivity index (χ0n) is 22.9. The molecule has 0 radical (unpaired) electrons. The molecule has 4 aromatic rings. The maximum Gasteiger partial charge on any atom is 0.340 e. The van der Waals surface area contributed by atoms with E-state index in [2.05, 4.69) is 30.7 Å². The molecule has 2 heterocycles. The van der Waals surface area contributed by atoms with Crippen molar-refractivity contribution in [2.75, 3.05) is 20.0 Å². The van der Waals surface area contributed by atoms with Gasteiger partial charge in [0.2, 0.25) is 0 Å². The van der Waals surface area contributed by atoms with Gasteiger partial charge in [-0.15, -0.1) is 0 Å². The maximum absolute atomic E-state index is 11.8. The van der Waals surface area contributed by atoms with E-state index in [9.17, 15) is 19.7 Å². The third kappa shape index (κ3) is 5.80. The van der Waals surface area contributed by atoms with Gasteiger partial charge in [-0.1, -0.05) is 41.5 Å². The van der Waals surface area contributed by atoms with Crippen LogP contribution in [0.3, 0.4) is 0 Å². The van der Waals surface area contributed by atoms with Crippen LogP contribution in [-0.4, -0.2) is 41.0 Å². The quantitative estimate of drug-likeness (QED) is 0.129. The Morgan fingerprint density at radius 2 is 1.18 bits per heavy atom. The summed E-state index contributed by atoms with van der Waals surface area (Å²) >= 11 is 0. The first-order valence-electron chi connectivity index (χ1n) is 12.0. The molecule has 2 aromatic heterocycles. The molecule has 38 heavy (non-hydrogen) atoms. The van der Waals surface area contributed by atoms with E-state index in [4.69, 9.17) is 15.2 Å². The number of nitrogens with one attached hydrogen (secondary N) is 2. The number of nitrogens with zero attached hydrogens (tertiary/aromatic N) is 1. The largest absolute Gasteiger partial charge is 0.465 e. The molecule has 0 aliphatic heterocycles. The van der Waals surface area contributed by atoms with Gasteiger partial charge in [-0.05, 0) is 24.3 Å². The van der Waals surface area contributed by atoms with E-state index in [1.165, 1.54) is 26.4 Å². The lowest BCUT2D eigenvalue weighted by Crippen LogP contribution is -2.11. The molecule has 0 saturated carbocycles. The van der Waals surface area contributed by atoms with Crippen LogP contribution in [0.15, 0.2) is 36.4 Å². The zero-order valence-corrected chi connectivity index (χ0v) is 22.9. The van der Waals surface area contributed by atoms with Crippen molar-refractivity contribution in [2.45, 2.75) is 52.4 Å². The number of nitrogens with two attached hydrogens (primary N) is 1. The first kappa shape index (κ1) is 28.2. The number of methoxy groups -OCH3 is 2. The third-order valence-electron chi connectivity index (χ3n) is 6.10. The van der Waals surface area contributed by atoms with Crippen molar-refractivity contribution in [1.29, 1.82) is 0 Å². The first-order valence-corrected chi connectivity index (χ1v) is 12.0. The molecule has 10 heteroatoms. The molecular formula is C28H34N4O6. The Kier molecular flexibility index (Phi) is 7.58. The van der Waals surface area contributed by atoms with Crippen LogP contribution in [0.1, 0.15) is 73.6 Å². The topological polar surface area (TPSA) is 153 Å². The monoisotopic (exact) mass is 522 g/mol. The number of rotatable bonds is 3. The van der Waals surface area contributed by atoms with Gasteiger partial charge in [-0.2, -0.15) is 0 Å². The van der Waals surface area contributed by atoms with E-state index in [1.807, 2.05) is 39.0 Å². The standard InChI is InChI=1S/C14H16N2O4.C14H18N2O2/c1-14(2,3)11-6-8-5-9(16(18)19)7-10(12(8)15-11)13(17)20-4;1-14(2,3)11-6-8-5-9(15)7-10(12(8)16-11)13(17)18-4/h5-7,15H,1-4H3;5-7,16H,15H2,1-4H3. The summed E-state index contributed by atoms with van der Waals surface area (Å²) in [5.74, 6) is -0.976. The van der Waals surface area contributed by atoms with Crippen LogP contribution in [0.25, 0.3) is 21.8 Å². The van der Waals surface area contributed by atoms with Gasteiger partial charge in [0, 0.05) is 50.8 Å². The van der Waals surface area contributed by atoms with Crippen molar-refractivity contribution < 1.29 is 24.0 Å². The van der Waals surface area contributed by atoms with E-state index in [0.717, 1.165) is 22.3 Å². The number of hydrogen-bond acceptors (Lipinski definition) is 7. The number of anilines is 1. The van der Waals surface area contributed by atoms with Crippen molar-refractivity contribution in [1.82, 2.24) is 9.97 Å². The second-order valence-corrected chi connectivity index (χ2v) is 11.1. The van der Waals surface area contributed by atoms with Crippen molar-refractivity contribution in [3.8, 4) is 0 Å². The summed E-state index contributed by atoms with van der Waals surface area (Å²) in [7, 11) is 2.62. The van der Waals surface area contributed by atoms with Gasteiger partial charge < -0.3 is 25.2 Å². The molecule has 0 bridgehead atoms. The molecule has 0 aliphatic carbocycles. The Hall–Kier alpha value is -4.34. The summed E-state index contributed by atoms with van der Waals surface area (Å²) < 4.78 is 9.47. The number of nitrogen functional groups attached to an aromatic ring is 1. The second-order valence-electron chi connectivity index (χ2n) is 11.1. The number of carbonyl (C=O) groups is 2. The summed E-state index contributed by atoms with van der Waals surface area (Å²) in [6.45, 7) is 12.4. The van der Waals surface area contributed by atoms with E-state index >= 15 is 0 Å². The molecule has 4 rings (SSSR count). The minimum absolute atomic E-state index is 0.0127. The van der Waals surface area contributed by atoms with Gasteiger partial charge in [0.05, 0.1) is 41.3 Å². The number of nitro groups is 1. The van der Waals surface area contributed by atoms with E-state index in [0.29, 0.717) is 22.2 Å². The van der Waals surface area contributed by atoms with Gasteiger partial charge >= 0.3 is 11.9 Å². The van der Waals surface area contributed by atoms with E-state index < -0.39 is 10.9 Å². The van der Waals surface area contributed by atoms with Crippen molar-refractivity contribution in [3.05, 3.63) is 69.0 Å². The summed E-state index contributed by atoms with van der Waals surface area (Å²) in [5.41, 5.74) is 10.0. The average molecular weight is 523 g/mol. The fourth-order valence-corrected chi connectivity index (χ4v) is 3.95. The van der Waals surface area contributed by atoms with E-state index in [-0.39, 0.29) is 28.1 Å². The second kappa shape index (κ2) is 10.2. The summed E-state index contributed by atoms with van der Waals surface area (Å²) in [4.78, 5) is 40.4. The zero-order chi connectivity index (χ0) is 28.6. The number of benzene rings is 2. The number of esters is 2. The Morgan fingerprint density at radius 3 is 1.58 bits per heavy atom. The molecule has 0 saturated heterocycles. The van der Waals surface area contributed by atoms with Gasteiger partial charge in [0.1, 0.15) is 0 Å². The molecule has 10 nitrogen and oxygen atoms in total. The van der Waals surface area contributed by atoms with Gasteiger partial charge in [0.25, 0.3) is 5.69 Å². The smallest absolute Gasteiger partial charge is 0.340 e. The molecule has 0 spiro atoms. The number of aromatic amines is 2.